The van der Waals surface area contributed by atoms with Gasteiger partial charge in [0.2, 0.25) is 0 Å². The van der Waals surface area contributed by atoms with Crippen LogP contribution in [0.2, 0.25) is 0 Å². The standard InChI is InChI=1S/C53H40N2/c1-36(39-19-12-20-40(32-39)37-15-4-2-5-16-37)31-52(44-23-13-21-41(33-44)38-17-6-3-7-18-38)55-53(54)45-24-14-22-42(34-45)43-29-30-50-48-27-9-8-25-46(48)47-26-10-11-28-49(47)51(50)35-43/h2-4,6-15,17-35H,1,5,16H2,(H2,54,55)/b52-31-. The van der Waals surface area contributed by atoms with Gasteiger partial charge in [-0.1, -0.05) is 170 Å². The van der Waals surface area contributed by atoms with E-state index >= 15 is 0 Å². The van der Waals surface area contributed by atoms with Crippen molar-refractivity contribution in [2.75, 3.05) is 0 Å². The molecule has 0 unspecified atom stereocenters. The van der Waals surface area contributed by atoms with Crippen LogP contribution in [0.5, 0.6) is 0 Å². The maximum absolute atomic E-state index is 6.96. The summed E-state index contributed by atoms with van der Waals surface area (Å²) in [6, 6.07) is 60.1. The number of nitrogens with two attached hydrogens (primary N) is 1. The molecule has 0 spiro atoms. The van der Waals surface area contributed by atoms with Crippen LogP contribution in [0.15, 0.2) is 206 Å². The van der Waals surface area contributed by atoms with Gasteiger partial charge in [-0.15, -0.1) is 0 Å². The number of nitrogens with zero attached hydrogens (tertiary/aromatic N) is 1. The molecule has 0 aliphatic heterocycles. The third kappa shape index (κ3) is 6.83. The molecule has 0 atom stereocenters. The van der Waals surface area contributed by atoms with Gasteiger partial charge in [0.15, 0.2) is 0 Å². The zero-order valence-corrected chi connectivity index (χ0v) is 30.6. The summed E-state index contributed by atoms with van der Waals surface area (Å²) >= 11 is 0. The van der Waals surface area contributed by atoms with Crippen LogP contribution < -0.4 is 5.73 Å². The van der Waals surface area contributed by atoms with Crippen LogP contribution in [0.4, 0.5) is 0 Å². The highest BCUT2D eigenvalue weighted by molar-refractivity contribution is 6.25. The zero-order chi connectivity index (χ0) is 37.1. The lowest BCUT2D eigenvalue weighted by Crippen LogP contribution is -2.13. The minimum absolute atomic E-state index is 0.441. The van der Waals surface area contributed by atoms with E-state index in [0.29, 0.717) is 5.84 Å². The quantitative estimate of drug-likeness (QED) is 0.0727. The van der Waals surface area contributed by atoms with Crippen molar-refractivity contribution in [3.63, 3.8) is 0 Å². The van der Waals surface area contributed by atoms with Gasteiger partial charge in [0.1, 0.15) is 5.84 Å². The Morgan fingerprint density at radius 1 is 0.491 bits per heavy atom. The molecule has 0 radical (unpaired) electrons. The van der Waals surface area contributed by atoms with Crippen molar-refractivity contribution in [2.45, 2.75) is 12.8 Å². The van der Waals surface area contributed by atoms with Gasteiger partial charge < -0.3 is 5.73 Å². The highest BCUT2D eigenvalue weighted by Gasteiger charge is 2.13. The molecule has 0 bridgehead atoms. The fourth-order valence-electron chi connectivity index (χ4n) is 7.82. The van der Waals surface area contributed by atoms with Crippen LogP contribution >= 0.6 is 0 Å². The van der Waals surface area contributed by atoms with Crippen LogP contribution in [-0.2, 0) is 0 Å². The number of fused-ring (bicyclic) bond motifs is 6. The number of rotatable bonds is 8. The second kappa shape index (κ2) is 14.8. The summed E-state index contributed by atoms with van der Waals surface area (Å²) < 4.78 is 0. The summed E-state index contributed by atoms with van der Waals surface area (Å²) in [6.45, 7) is 4.54. The van der Waals surface area contributed by atoms with E-state index in [1.165, 1.54) is 43.5 Å². The first kappa shape index (κ1) is 33.8. The summed E-state index contributed by atoms with van der Waals surface area (Å²) in [7, 11) is 0. The number of allylic oxidation sites excluding steroid dienone is 6. The lowest BCUT2D eigenvalue weighted by molar-refractivity contribution is 1.05. The number of benzene rings is 8. The molecule has 1 aliphatic carbocycles. The molecule has 0 heterocycles. The second-order valence-corrected chi connectivity index (χ2v) is 14.2. The van der Waals surface area contributed by atoms with Gasteiger partial charge in [0.05, 0.1) is 5.70 Å². The predicted octanol–water partition coefficient (Wildman–Crippen LogP) is 13.7. The molecule has 2 N–H and O–H groups in total. The third-order valence-corrected chi connectivity index (χ3v) is 10.7. The Balaban J connectivity index is 1.12. The molecule has 8 aromatic carbocycles. The van der Waals surface area contributed by atoms with Crippen molar-refractivity contribution < 1.29 is 0 Å². The van der Waals surface area contributed by atoms with Crippen molar-refractivity contribution >= 4 is 55.0 Å². The van der Waals surface area contributed by atoms with E-state index in [0.717, 1.165) is 63.1 Å². The third-order valence-electron chi connectivity index (χ3n) is 10.7. The highest BCUT2D eigenvalue weighted by Crippen LogP contribution is 2.37. The summed E-state index contributed by atoms with van der Waals surface area (Å²) in [5.74, 6) is 0.441. The molecule has 55 heavy (non-hydrogen) atoms. The number of aliphatic imine (C=N–C) groups is 1. The van der Waals surface area contributed by atoms with E-state index < -0.39 is 0 Å². The molecule has 0 aromatic heterocycles. The number of hydrogen-bond acceptors (Lipinski definition) is 1. The maximum atomic E-state index is 6.96. The molecule has 2 nitrogen and oxygen atoms in total. The average Bonchev–Trinajstić information content (AvgIpc) is 3.27. The fourth-order valence-corrected chi connectivity index (χ4v) is 7.82. The van der Waals surface area contributed by atoms with Gasteiger partial charge in [0.25, 0.3) is 0 Å². The molecule has 0 saturated heterocycles. The first-order valence-corrected chi connectivity index (χ1v) is 18.9. The van der Waals surface area contributed by atoms with E-state index in [2.05, 4.69) is 189 Å². The largest absolute Gasteiger partial charge is 0.383 e. The Labute approximate surface area is 322 Å². The minimum Gasteiger partial charge on any atom is -0.383 e. The van der Waals surface area contributed by atoms with Crippen LogP contribution in [0, 0.1) is 0 Å². The van der Waals surface area contributed by atoms with E-state index in [9.17, 15) is 0 Å². The number of hydrogen-bond donors (Lipinski definition) is 1. The summed E-state index contributed by atoms with van der Waals surface area (Å²) in [4.78, 5) is 5.16. The molecule has 1 aliphatic rings. The Morgan fingerprint density at radius 2 is 1.02 bits per heavy atom. The van der Waals surface area contributed by atoms with Gasteiger partial charge in [-0.05, 0) is 120 Å². The van der Waals surface area contributed by atoms with Gasteiger partial charge in [-0.3, -0.25) is 0 Å². The van der Waals surface area contributed by atoms with Crippen molar-refractivity contribution in [1.82, 2.24) is 0 Å². The first-order chi connectivity index (χ1) is 27.1. The Kier molecular flexibility index (Phi) is 9.07. The molecular formula is C53H40N2. The van der Waals surface area contributed by atoms with E-state index in [4.69, 9.17) is 10.7 Å². The van der Waals surface area contributed by atoms with E-state index in [-0.39, 0.29) is 0 Å². The van der Waals surface area contributed by atoms with E-state index in [1.54, 1.807) is 0 Å². The van der Waals surface area contributed by atoms with Gasteiger partial charge in [-0.25, -0.2) is 4.99 Å². The smallest absolute Gasteiger partial charge is 0.131 e. The Hall–Kier alpha value is -7.03. The fraction of sp³-hybridized carbons (Fsp3) is 0.0377. The molecule has 0 fully saturated rings. The Morgan fingerprint density at radius 3 is 1.71 bits per heavy atom. The lowest BCUT2D eigenvalue weighted by atomic mass is 9.92. The SMILES string of the molecule is C=C(/C=C(\N=C(/N)c1cccc(-c2ccc3c4ccccc4c4ccccc4c3c2)c1)c1cccc(-c2ccccc2)c1)c1cccc(C2=CC=CCC2)c1. The monoisotopic (exact) mass is 704 g/mol. The minimum atomic E-state index is 0.441. The molecule has 262 valence electrons. The van der Waals surface area contributed by atoms with Crippen LogP contribution in [0.3, 0.4) is 0 Å². The first-order valence-electron chi connectivity index (χ1n) is 18.9. The van der Waals surface area contributed by atoms with Crippen LogP contribution in [-0.4, -0.2) is 5.84 Å². The Bertz CT molecular complexity index is 2850. The summed E-state index contributed by atoms with van der Waals surface area (Å²) in [5, 5.41) is 7.54. The molecular weight excluding hydrogens is 665 g/mol. The molecule has 8 aromatic rings. The number of amidine groups is 1. The maximum Gasteiger partial charge on any atom is 0.131 e. The van der Waals surface area contributed by atoms with Gasteiger partial charge in [0, 0.05) is 11.1 Å². The van der Waals surface area contributed by atoms with Crippen molar-refractivity contribution in [3.8, 4) is 22.3 Å². The molecule has 9 rings (SSSR count). The molecule has 0 amide bonds. The highest BCUT2D eigenvalue weighted by atomic mass is 14.9. The van der Waals surface area contributed by atoms with E-state index in [1.807, 2.05) is 12.1 Å². The van der Waals surface area contributed by atoms with Crippen LogP contribution in [0.25, 0.3) is 71.4 Å². The zero-order valence-electron chi connectivity index (χ0n) is 30.6. The average molecular weight is 705 g/mol. The predicted molar refractivity (Wildman–Crippen MR) is 237 cm³/mol. The van der Waals surface area contributed by atoms with Crippen molar-refractivity contribution in [3.05, 3.63) is 223 Å². The van der Waals surface area contributed by atoms with Crippen LogP contribution in [0.1, 0.15) is 35.1 Å². The molecule has 2 heteroatoms. The summed E-state index contributed by atoms with van der Waals surface area (Å²) in [6.07, 6.45) is 10.7. The lowest BCUT2D eigenvalue weighted by Gasteiger charge is -2.13. The second-order valence-electron chi connectivity index (χ2n) is 14.2. The summed E-state index contributed by atoms with van der Waals surface area (Å²) in [5.41, 5.74) is 18.5. The molecule has 0 saturated carbocycles. The topological polar surface area (TPSA) is 38.4 Å². The van der Waals surface area contributed by atoms with Crippen molar-refractivity contribution in [2.24, 2.45) is 10.7 Å². The van der Waals surface area contributed by atoms with Gasteiger partial charge in [-0.2, -0.15) is 0 Å². The van der Waals surface area contributed by atoms with Crippen molar-refractivity contribution in [1.29, 1.82) is 0 Å². The van der Waals surface area contributed by atoms with Gasteiger partial charge >= 0.3 is 0 Å². The normalized spacial score (nSPS) is 13.3.